The lowest BCUT2D eigenvalue weighted by Crippen LogP contribution is -2.29. The minimum absolute atomic E-state index is 0.0996. The van der Waals surface area contributed by atoms with Crippen LogP contribution in [0.2, 0.25) is 0 Å². The molecule has 94 valence electrons. The zero-order valence-corrected chi connectivity index (χ0v) is 10.5. The number of halogens is 1. The summed E-state index contributed by atoms with van der Waals surface area (Å²) >= 11 is 0. The molecule has 1 aliphatic rings. The van der Waals surface area contributed by atoms with E-state index >= 15 is 0 Å². The second-order valence-corrected chi connectivity index (χ2v) is 4.66. The highest BCUT2D eigenvalue weighted by atomic mass is 19.1. The molecule has 1 aromatic heterocycles. The minimum atomic E-state index is -0.302. The molecule has 2 rings (SSSR count). The fraction of sp³-hybridized carbons (Fsp3) is 0.615. The number of nitrogens with zero attached hydrogens (tertiary/aromatic N) is 1. The van der Waals surface area contributed by atoms with Gasteiger partial charge in [-0.05, 0) is 43.4 Å². The van der Waals surface area contributed by atoms with Gasteiger partial charge in [0.15, 0.2) is 5.82 Å². The first-order valence-corrected chi connectivity index (χ1v) is 6.04. The third-order valence-electron chi connectivity index (χ3n) is 3.91. The predicted molar refractivity (Wildman–Crippen MR) is 64.7 cm³/mol. The van der Waals surface area contributed by atoms with E-state index in [1.54, 1.807) is 12.3 Å². The molecule has 0 radical (unpaired) electrons. The summed E-state index contributed by atoms with van der Waals surface area (Å²) in [5, 5.41) is 3.29. The molecule has 0 spiro atoms. The maximum absolute atomic E-state index is 14.1. The van der Waals surface area contributed by atoms with E-state index in [2.05, 4.69) is 17.2 Å². The van der Waals surface area contributed by atoms with Crippen molar-refractivity contribution in [3.8, 4) is 5.88 Å². The molecule has 0 aliphatic heterocycles. The van der Waals surface area contributed by atoms with Gasteiger partial charge in [0.1, 0.15) is 0 Å². The van der Waals surface area contributed by atoms with Crippen molar-refractivity contribution in [3.63, 3.8) is 0 Å². The first-order chi connectivity index (χ1) is 8.19. The van der Waals surface area contributed by atoms with E-state index in [0.717, 1.165) is 18.4 Å². The highest BCUT2D eigenvalue weighted by molar-refractivity contribution is 5.28. The maximum atomic E-state index is 14.1. The molecular formula is C13H19FN2O. The number of pyridine rings is 1. The van der Waals surface area contributed by atoms with E-state index in [1.165, 1.54) is 7.11 Å². The van der Waals surface area contributed by atoms with Crippen molar-refractivity contribution in [2.75, 3.05) is 14.2 Å². The largest absolute Gasteiger partial charge is 0.479 e. The fourth-order valence-electron chi connectivity index (χ4n) is 2.88. The number of ether oxygens (including phenoxy) is 1. The van der Waals surface area contributed by atoms with Crippen LogP contribution < -0.4 is 10.1 Å². The number of aromatic nitrogens is 1. The minimum Gasteiger partial charge on any atom is -0.479 e. The highest BCUT2D eigenvalue weighted by Gasteiger charge is 2.34. The third kappa shape index (κ3) is 2.14. The molecule has 1 aromatic rings. The summed E-state index contributed by atoms with van der Waals surface area (Å²) in [6.07, 6.45) is 3.72. The molecule has 4 heteroatoms. The van der Waals surface area contributed by atoms with E-state index < -0.39 is 0 Å². The van der Waals surface area contributed by atoms with Crippen LogP contribution in [0.15, 0.2) is 12.3 Å². The molecule has 1 heterocycles. The molecule has 3 nitrogen and oxygen atoms in total. The van der Waals surface area contributed by atoms with Crippen LogP contribution in [0.3, 0.4) is 0 Å². The topological polar surface area (TPSA) is 34.2 Å². The summed E-state index contributed by atoms with van der Waals surface area (Å²) in [5.74, 6) is 0.483. The van der Waals surface area contributed by atoms with Crippen LogP contribution in [-0.2, 0) is 0 Å². The van der Waals surface area contributed by atoms with Gasteiger partial charge in [-0.1, -0.05) is 6.92 Å². The van der Waals surface area contributed by atoms with Gasteiger partial charge < -0.3 is 10.1 Å². The molecule has 1 saturated carbocycles. The molecule has 3 atom stereocenters. The first-order valence-electron chi connectivity index (χ1n) is 6.04. The van der Waals surface area contributed by atoms with Crippen LogP contribution in [0.5, 0.6) is 5.88 Å². The molecule has 0 saturated heterocycles. The van der Waals surface area contributed by atoms with Gasteiger partial charge in [0, 0.05) is 12.2 Å². The fourth-order valence-corrected chi connectivity index (χ4v) is 2.88. The standard InChI is InChI=1S/C13H19FN2O/c1-8-9(4-5-11(8)15-2)10-6-7-16-13(17-3)12(10)14/h6-9,11,15H,4-5H2,1-3H3. The lowest BCUT2D eigenvalue weighted by atomic mass is 9.89. The molecule has 0 bridgehead atoms. The van der Waals surface area contributed by atoms with Gasteiger partial charge in [-0.3, -0.25) is 0 Å². The molecule has 17 heavy (non-hydrogen) atoms. The monoisotopic (exact) mass is 238 g/mol. The van der Waals surface area contributed by atoms with Crippen LogP contribution in [0.25, 0.3) is 0 Å². The summed E-state index contributed by atoms with van der Waals surface area (Å²) in [6, 6.07) is 2.25. The SMILES string of the molecule is CNC1CCC(c2ccnc(OC)c2F)C1C. The Bertz CT molecular complexity index is 397. The Morgan fingerprint density at radius 2 is 2.24 bits per heavy atom. The van der Waals surface area contributed by atoms with Crippen molar-refractivity contribution >= 4 is 0 Å². The first kappa shape index (κ1) is 12.3. The van der Waals surface area contributed by atoms with Crippen molar-refractivity contribution in [1.29, 1.82) is 0 Å². The predicted octanol–water partition coefficient (Wildman–Crippen LogP) is 2.33. The number of hydrogen-bond donors (Lipinski definition) is 1. The molecule has 1 N–H and O–H groups in total. The summed E-state index contributed by atoms with van der Waals surface area (Å²) in [7, 11) is 3.41. The zero-order valence-electron chi connectivity index (χ0n) is 10.5. The highest BCUT2D eigenvalue weighted by Crippen LogP contribution is 2.41. The second-order valence-electron chi connectivity index (χ2n) is 4.66. The Hall–Kier alpha value is -1.16. The normalized spacial score (nSPS) is 28.4. The van der Waals surface area contributed by atoms with Gasteiger partial charge in [0.2, 0.25) is 5.88 Å². The summed E-state index contributed by atoms with van der Waals surface area (Å²) in [5.41, 5.74) is 0.738. The summed E-state index contributed by atoms with van der Waals surface area (Å²) < 4.78 is 19.1. The van der Waals surface area contributed by atoms with Gasteiger partial charge in [-0.15, -0.1) is 0 Å². The number of hydrogen-bond acceptors (Lipinski definition) is 3. The summed E-state index contributed by atoms with van der Waals surface area (Å²) in [6.45, 7) is 2.17. The van der Waals surface area contributed by atoms with Gasteiger partial charge in [0.25, 0.3) is 0 Å². The van der Waals surface area contributed by atoms with E-state index in [1.807, 2.05) is 7.05 Å². The molecule has 1 fully saturated rings. The van der Waals surface area contributed by atoms with Crippen molar-refractivity contribution in [2.45, 2.75) is 31.7 Å². The Balaban J connectivity index is 2.29. The Morgan fingerprint density at radius 1 is 1.47 bits per heavy atom. The molecule has 0 aromatic carbocycles. The Kier molecular flexibility index (Phi) is 3.62. The molecule has 0 amide bonds. The van der Waals surface area contributed by atoms with Crippen LogP contribution in [0, 0.1) is 11.7 Å². The molecule has 1 aliphatic carbocycles. The van der Waals surface area contributed by atoms with E-state index in [4.69, 9.17) is 4.74 Å². The second kappa shape index (κ2) is 5.00. The lowest BCUT2D eigenvalue weighted by molar-refractivity contribution is 0.359. The van der Waals surface area contributed by atoms with Crippen LogP contribution >= 0.6 is 0 Å². The van der Waals surface area contributed by atoms with Gasteiger partial charge in [-0.2, -0.15) is 0 Å². The van der Waals surface area contributed by atoms with Crippen molar-refractivity contribution < 1.29 is 9.13 Å². The lowest BCUT2D eigenvalue weighted by Gasteiger charge is -2.21. The van der Waals surface area contributed by atoms with Crippen LogP contribution in [0.1, 0.15) is 31.2 Å². The maximum Gasteiger partial charge on any atom is 0.250 e. The zero-order chi connectivity index (χ0) is 12.4. The smallest absolute Gasteiger partial charge is 0.250 e. The number of rotatable bonds is 3. The average molecular weight is 238 g/mol. The van der Waals surface area contributed by atoms with Gasteiger partial charge in [-0.25, -0.2) is 9.37 Å². The molecular weight excluding hydrogens is 219 g/mol. The quantitative estimate of drug-likeness (QED) is 0.877. The van der Waals surface area contributed by atoms with Gasteiger partial charge >= 0.3 is 0 Å². The van der Waals surface area contributed by atoms with Crippen LogP contribution in [0.4, 0.5) is 4.39 Å². The average Bonchev–Trinajstić information content (AvgIpc) is 2.71. The van der Waals surface area contributed by atoms with E-state index in [-0.39, 0.29) is 17.6 Å². The van der Waals surface area contributed by atoms with Crippen molar-refractivity contribution in [2.24, 2.45) is 5.92 Å². The van der Waals surface area contributed by atoms with Crippen LogP contribution in [-0.4, -0.2) is 25.2 Å². The Morgan fingerprint density at radius 3 is 2.82 bits per heavy atom. The van der Waals surface area contributed by atoms with E-state index in [9.17, 15) is 4.39 Å². The van der Waals surface area contributed by atoms with Crippen molar-refractivity contribution in [1.82, 2.24) is 10.3 Å². The van der Waals surface area contributed by atoms with Gasteiger partial charge in [0.05, 0.1) is 7.11 Å². The van der Waals surface area contributed by atoms with E-state index in [0.29, 0.717) is 12.0 Å². The van der Waals surface area contributed by atoms with Crippen molar-refractivity contribution in [3.05, 3.63) is 23.6 Å². The number of nitrogens with one attached hydrogen (secondary N) is 1. The summed E-state index contributed by atoms with van der Waals surface area (Å²) in [4.78, 5) is 3.88. The Labute approximate surface area is 101 Å². The molecule has 3 unspecified atom stereocenters. The third-order valence-corrected chi connectivity index (χ3v) is 3.91. The number of methoxy groups -OCH3 is 1.